The van der Waals surface area contributed by atoms with Crippen LogP contribution in [-0.4, -0.2) is 49.6 Å². The molecule has 0 radical (unpaired) electrons. The minimum absolute atomic E-state index is 0.0385. The highest BCUT2D eigenvalue weighted by molar-refractivity contribution is 7.93. The van der Waals surface area contributed by atoms with Crippen LogP contribution in [0.4, 0.5) is 5.13 Å². The molecule has 30 heavy (non-hydrogen) atoms. The highest BCUT2D eigenvalue weighted by Crippen LogP contribution is 2.28. The van der Waals surface area contributed by atoms with Gasteiger partial charge in [-0.3, -0.25) is 4.72 Å². The third kappa shape index (κ3) is 7.20. The van der Waals surface area contributed by atoms with Crippen LogP contribution in [0.25, 0.3) is 0 Å². The fourth-order valence-corrected chi connectivity index (χ4v) is 5.65. The van der Waals surface area contributed by atoms with E-state index in [0.717, 1.165) is 31.4 Å². The molecule has 0 atom stereocenters. The predicted octanol–water partition coefficient (Wildman–Crippen LogP) is 4.58. The zero-order valence-electron chi connectivity index (χ0n) is 18.1. The Bertz CT molecular complexity index is 925. The third-order valence-electron chi connectivity index (χ3n) is 5.21. The topological polar surface area (TPSA) is 82.5 Å². The SMILES string of the molecule is CCC(O)(CC)Cc1csc(NS(=O)(=O)c2ccc(CCCCN(C)C)cc2Cl)n1. The van der Waals surface area contributed by atoms with Crippen molar-refractivity contribution in [3.05, 3.63) is 39.9 Å². The van der Waals surface area contributed by atoms with Gasteiger partial charge in [-0.05, 0) is 70.4 Å². The molecule has 1 heterocycles. The summed E-state index contributed by atoms with van der Waals surface area (Å²) in [6.07, 6.45) is 4.56. The van der Waals surface area contributed by atoms with Gasteiger partial charge < -0.3 is 10.0 Å². The van der Waals surface area contributed by atoms with E-state index in [2.05, 4.69) is 14.6 Å². The molecule has 2 aromatic rings. The van der Waals surface area contributed by atoms with E-state index in [-0.39, 0.29) is 15.0 Å². The van der Waals surface area contributed by atoms with Crippen LogP contribution in [-0.2, 0) is 22.9 Å². The van der Waals surface area contributed by atoms with E-state index < -0.39 is 15.6 Å². The maximum absolute atomic E-state index is 12.8. The van der Waals surface area contributed by atoms with E-state index >= 15 is 0 Å². The highest BCUT2D eigenvalue weighted by atomic mass is 35.5. The first-order chi connectivity index (χ1) is 14.1. The first-order valence-electron chi connectivity index (χ1n) is 10.2. The van der Waals surface area contributed by atoms with Crippen molar-refractivity contribution in [1.82, 2.24) is 9.88 Å². The Labute approximate surface area is 189 Å². The molecule has 0 aliphatic rings. The first-order valence-corrected chi connectivity index (χ1v) is 13.0. The Balaban J connectivity index is 2.05. The quantitative estimate of drug-likeness (QED) is 0.441. The summed E-state index contributed by atoms with van der Waals surface area (Å²) in [6, 6.07) is 5.08. The average Bonchev–Trinajstić information content (AvgIpc) is 3.10. The molecule has 1 aromatic heterocycles. The predicted molar refractivity (Wildman–Crippen MR) is 125 cm³/mol. The van der Waals surface area contributed by atoms with Crippen molar-refractivity contribution < 1.29 is 13.5 Å². The molecule has 2 N–H and O–H groups in total. The van der Waals surface area contributed by atoms with Crippen molar-refractivity contribution in [3.63, 3.8) is 0 Å². The van der Waals surface area contributed by atoms with Crippen molar-refractivity contribution in [1.29, 1.82) is 0 Å². The Morgan fingerprint density at radius 3 is 2.53 bits per heavy atom. The minimum atomic E-state index is -3.84. The molecular formula is C21H32ClN3O3S2. The second-order valence-corrected chi connectivity index (χ2v) is 10.8. The number of rotatable bonds is 12. The lowest BCUT2D eigenvalue weighted by atomic mass is 9.92. The number of aliphatic hydroxyl groups is 1. The summed E-state index contributed by atoms with van der Waals surface area (Å²) >= 11 is 7.49. The smallest absolute Gasteiger partial charge is 0.265 e. The molecule has 0 fully saturated rings. The zero-order chi connectivity index (χ0) is 22.4. The van der Waals surface area contributed by atoms with Gasteiger partial charge in [-0.15, -0.1) is 11.3 Å². The summed E-state index contributed by atoms with van der Waals surface area (Å²) in [4.78, 5) is 6.52. The molecule has 0 spiro atoms. The number of nitrogens with zero attached hydrogens (tertiary/aromatic N) is 2. The molecular weight excluding hydrogens is 442 g/mol. The van der Waals surface area contributed by atoms with E-state index in [4.69, 9.17) is 11.6 Å². The van der Waals surface area contributed by atoms with Crippen molar-refractivity contribution in [2.45, 2.75) is 62.9 Å². The van der Waals surface area contributed by atoms with Gasteiger partial charge in [0.1, 0.15) is 4.90 Å². The lowest BCUT2D eigenvalue weighted by molar-refractivity contribution is 0.0319. The van der Waals surface area contributed by atoms with Gasteiger partial charge in [0.15, 0.2) is 5.13 Å². The summed E-state index contributed by atoms with van der Waals surface area (Å²) in [5, 5.41) is 12.7. The number of unbranched alkanes of at least 4 members (excludes halogenated alkanes) is 1. The maximum Gasteiger partial charge on any atom is 0.265 e. The zero-order valence-corrected chi connectivity index (χ0v) is 20.5. The largest absolute Gasteiger partial charge is 0.390 e. The van der Waals surface area contributed by atoms with E-state index in [1.165, 1.54) is 11.3 Å². The number of nitrogens with one attached hydrogen (secondary N) is 1. The molecule has 9 heteroatoms. The number of aromatic nitrogens is 1. The summed E-state index contributed by atoms with van der Waals surface area (Å²) in [5.74, 6) is 0. The van der Waals surface area contributed by atoms with Gasteiger partial charge in [-0.25, -0.2) is 13.4 Å². The maximum atomic E-state index is 12.8. The van der Waals surface area contributed by atoms with Crippen LogP contribution in [0.2, 0.25) is 5.02 Å². The number of thiazole rings is 1. The first kappa shape index (κ1) is 25.1. The fraction of sp³-hybridized carbons (Fsp3) is 0.571. The molecule has 6 nitrogen and oxygen atoms in total. The van der Waals surface area contributed by atoms with Crippen molar-refractivity contribution >= 4 is 38.1 Å². The van der Waals surface area contributed by atoms with Gasteiger partial charge in [0.25, 0.3) is 10.0 Å². The van der Waals surface area contributed by atoms with E-state index in [1.807, 2.05) is 34.0 Å². The Morgan fingerprint density at radius 2 is 1.93 bits per heavy atom. The van der Waals surface area contributed by atoms with E-state index in [9.17, 15) is 13.5 Å². The monoisotopic (exact) mass is 473 g/mol. The van der Waals surface area contributed by atoms with Gasteiger partial charge >= 0.3 is 0 Å². The Hall–Kier alpha value is -1.19. The molecule has 0 unspecified atom stereocenters. The summed E-state index contributed by atoms with van der Waals surface area (Å²) in [7, 11) is 0.247. The van der Waals surface area contributed by atoms with Gasteiger partial charge in [0.2, 0.25) is 0 Å². The lowest BCUT2D eigenvalue weighted by Gasteiger charge is -2.23. The van der Waals surface area contributed by atoms with Crippen LogP contribution in [0.15, 0.2) is 28.5 Å². The molecule has 1 aromatic carbocycles. The van der Waals surface area contributed by atoms with Gasteiger partial charge in [-0.2, -0.15) is 0 Å². The molecule has 168 valence electrons. The number of benzene rings is 1. The lowest BCUT2D eigenvalue weighted by Crippen LogP contribution is -2.29. The van der Waals surface area contributed by atoms with Gasteiger partial charge in [-0.1, -0.05) is 31.5 Å². The number of halogens is 1. The van der Waals surface area contributed by atoms with E-state index in [1.54, 1.807) is 17.5 Å². The van der Waals surface area contributed by atoms with Crippen LogP contribution in [0, 0.1) is 0 Å². The van der Waals surface area contributed by atoms with Crippen LogP contribution in [0.3, 0.4) is 0 Å². The van der Waals surface area contributed by atoms with Crippen LogP contribution < -0.4 is 4.72 Å². The van der Waals surface area contributed by atoms with Gasteiger partial charge in [0.05, 0.1) is 16.3 Å². The molecule has 2 rings (SSSR count). The van der Waals surface area contributed by atoms with Gasteiger partial charge in [0, 0.05) is 11.8 Å². The molecule has 0 saturated carbocycles. The normalized spacial score (nSPS) is 12.5. The number of sulfonamides is 1. The minimum Gasteiger partial charge on any atom is -0.390 e. The van der Waals surface area contributed by atoms with Crippen molar-refractivity contribution in [2.24, 2.45) is 0 Å². The third-order valence-corrected chi connectivity index (χ3v) is 7.96. The average molecular weight is 474 g/mol. The Morgan fingerprint density at radius 1 is 1.23 bits per heavy atom. The van der Waals surface area contributed by atoms with E-state index in [0.29, 0.717) is 25.0 Å². The number of anilines is 1. The number of hydrogen-bond donors (Lipinski definition) is 2. The number of hydrogen-bond acceptors (Lipinski definition) is 6. The number of aryl methyl sites for hydroxylation is 1. The van der Waals surface area contributed by atoms with Crippen molar-refractivity contribution in [2.75, 3.05) is 25.4 Å². The summed E-state index contributed by atoms with van der Waals surface area (Å²) < 4.78 is 28.1. The Kier molecular flexibility index (Phi) is 9.12. The standard InChI is InChI=1S/C21H32ClN3O3S2/c1-5-21(26,6-2)14-17-15-29-20(23-17)24-30(27,28)19-11-10-16(13-18(19)22)9-7-8-12-25(3)4/h10-11,13,15,26H,5-9,12,14H2,1-4H3,(H,23,24). The van der Waals surface area contributed by atoms with Crippen molar-refractivity contribution in [3.8, 4) is 0 Å². The van der Waals surface area contributed by atoms with Crippen LogP contribution in [0.5, 0.6) is 0 Å². The molecule has 0 aliphatic heterocycles. The molecule has 0 aliphatic carbocycles. The summed E-state index contributed by atoms with van der Waals surface area (Å²) in [5.41, 5.74) is 0.867. The highest BCUT2D eigenvalue weighted by Gasteiger charge is 2.25. The fourth-order valence-electron chi connectivity index (χ4n) is 3.12. The van der Waals surface area contributed by atoms with Crippen LogP contribution in [0.1, 0.15) is 50.8 Å². The second-order valence-electron chi connectivity index (χ2n) is 7.88. The molecule has 0 amide bonds. The second kappa shape index (κ2) is 10.9. The molecule has 0 bridgehead atoms. The van der Waals surface area contributed by atoms with Crippen LogP contribution >= 0.6 is 22.9 Å². The molecule has 0 saturated heterocycles. The summed E-state index contributed by atoms with van der Waals surface area (Å²) in [6.45, 7) is 4.87.